The van der Waals surface area contributed by atoms with Crippen LogP contribution >= 0.6 is 15.9 Å². The lowest BCUT2D eigenvalue weighted by Crippen LogP contribution is -2.25. The number of hydrogen-bond donors (Lipinski definition) is 2. The van der Waals surface area contributed by atoms with E-state index < -0.39 is 0 Å². The molecular formula is C16H19BrN4O. The third-order valence-corrected chi connectivity index (χ3v) is 3.55. The van der Waals surface area contributed by atoms with Gasteiger partial charge in [0.05, 0.1) is 5.56 Å². The minimum absolute atomic E-state index is 0.143. The van der Waals surface area contributed by atoms with Crippen LogP contribution in [-0.2, 0) is 0 Å². The quantitative estimate of drug-likeness (QED) is 0.820. The van der Waals surface area contributed by atoms with Crippen molar-refractivity contribution < 1.29 is 4.79 Å². The Balaban J connectivity index is 1.92. The molecule has 1 aromatic carbocycles. The summed E-state index contributed by atoms with van der Waals surface area (Å²) < 4.78 is 1.01. The third kappa shape index (κ3) is 5.11. The number of aromatic nitrogens is 2. The Morgan fingerprint density at radius 1 is 1.18 bits per heavy atom. The molecule has 1 heterocycles. The molecule has 0 atom stereocenters. The lowest BCUT2D eigenvalue weighted by Gasteiger charge is -2.08. The Labute approximate surface area is 138 Å². The van der Waals surface area contributed by atoms with Crippen LogP contribution in [0.15, 0.2) is 41.1 Å². The fourth-order valence-corrected chi connectivity index (χ4v) is 2.01. The highest BCUT2D eigenvalue weighted by atomic mass is 79.9. The maximum Gasteiger partial charge on any atom is 0.254 e. The summed E-state index contributed by atoms with van der Waals surface area (Å²) in [6.45, 7) is 4.91. The fourth-order valence-electron chi connectivity index (χ4n) is 1.75. The summed E-state index contributed by atoms with van der Waals surface area (Å²) in [5.74, 6) is 0.880. The van der Waals surface area contributed by atoms with Crippen LogP contribution in [0, 0.1) is 5.92 Å². The molecule has 0 saturated carbocycles. The minimum Gasteiger partial charge on any atom is -0.352 e. The van der Waals surface area contributed by atoms with Crippen molar-refractivity contribution in [2.75, 3.05) is 11.9 Å². The maximum absolute atomic E-state index is 11.9. The number of nitrogens with one attached hydrogen (secondary N) is 2. The Morgan fingerprint density at radius 2 is 1.82 bits per heavy atom. The zero-order chi connectivity index (χ0) is 15.9. The zero-order valence-electron chi connectivity index (χ0n) is 12.6. The van der Waals surface area contributed by atoms with Gasteiger partial charge in [-0.25, -0.2) is 9.97 Å². The van der Waals surface area contributed by atoms with Gasteiger partial charge in [0.2, 0.25) is 5.95 Å². The summed E-state index contributed by atoms with van der Waals surface area (Å²) in [5, 5.41) is 5.94. The number of rotatable bonds is 6. The predicted octanol–water partition coefficient (Wildman–Crippen LogP) is 3.76. The van der Waals surface area contributed by atoms with E-state index in [0.29, 0.717) is 24.0 Å². The molecule has 1 amide bonds. The summed E-state index contributed by atoms with van der Waals surface area (Å²) in [6.07, 6.45) is 4.01. The van der Waals surface area contributed by atoms with Crippen LogP contribution in [0.25, 0.3) is 0 Å². The van der Waals surface area contributed by atoms with Gasteiger partial charge >= 0.3 is 0 Å². The average molecular weight is 363 g/mol. The van der Waals surface area contributed by atoms with Crippen molar-refractivity contribution in [2.45, 2.75) is 20.3 Å². The second-order valence-corrected chi connectivity index (χ2v) is 6.28. The fraction of sp³-hybridized carbons (Fsp3) is 0.312. The summed E-state index contributed by atoms with van der Waals surface area (Å²) in [6, 6.07) is 7.69. The summed E-state index contributed by atoms with van der Waals surface area (Å²) in [7, 11) is 0. The number of hydrogen-bond acceptors (Lipinski definition) is 4. The van der Waals surface area contributed by atoms with Gasteiger partial charge < -0.3 is 10.6 Å². The van der Waals surface area contributed by atoms with Crippen molar-refractivity contribution in [3.63, 3.8) is 0 Å². The molecule has 0 bridgehead atoms. The SMILES string of the molecule is CC(C)CCNC(=O)c1cnc(Nc2ccc(Br)cc2)nc1. The zero-order valence-corrected chi connectivity index (χ0v) is 14.2. The molecule has 2 aromatic rings. The highest BCUT2D eigenvalue weighted by Gasteiger charge is 2.07. The van der Waals surface area contributed by atoms with Gasteiger partial charge in [-0.1, -0.05) is 29.8 Å². The summed E-state index contributed by atoms with van der Waals surface area (Å²) in [5.41, 5.74) is 1.35. The van der Waals surface area contributed by atoms with Crippen LogP contribution in [-0.4, -0.2) is 22.4 Å². The van der Waals surface area contributed by atoms with E-state index in [-0.39, 0.29) is 5.91 Å². The predicted molar refractivity (Wildman–Crippen MR) is 91.2 cm³/mol. The van der Waals surface area contributed by atoms with Gasteiger partial charge in [-0.15, -0.1) is 0 Å². The van der Waals surface area contributed by atoms with E-state index in [1.54, 1.807) is 0 Å². The minimum atomic E-state index is -0.143. The lowest BCUT2D eigenvalue weighted by atomic mass is 10.1. The van der Waals surface area contributed by atoms with Crippen LogP contribution in [0.4, 0.5) is 11.6 Å². The van der Waals surface area contributed by atoms with Gasteiger partial charge in [-0.05, 0) is 36.6 Å². The molecule has 6 heteroatoms. The van der Waals surface area contributed by atoms with Gasteiger partial charge in [-0.3, -0.25) is 4.79 Å². The molecule has 0 aliphatic carbocycles. The molecule has 22 heavy (non-hydrogen) atoms. The van der Waals surface area contributed by atoms with Crippen molar-refractivity contribution >= 4 is 33.5 Å². The molecule has 2 N–H and O–H groups in total. The molecular weight excluding hydrogens is 344 g/mol. The first kappa shape index (κ1) is 16.4. The van der Waals surface area contributed by atoms with Gasteiger partial charge in [0.25, 0.3) is 5.91 Å². The van der Waals surface area contributed by atoms with E-state index in [0.717, 1.165) is 16.6 Å². The van der Waals surface area contributed by atoms with Crippen LogP contribution in [0.1, 0.15) is 30.6 Å². The van der Waals surface area contributed by atoms with E-state index in [1.807, 2.05) is 24.3 Å². The van der Waals surface area contributed by atoms with Crippen LogP contribution < -0.4 is 10.6 Å². The van der Waals surface area contributed by atoms with E-state index in [2.05, 4.69) is 50.4 Å². The smallest absolute Gasteiger partial charge is 0.254 e. The lowest BCUT2D eigenvalue weighted by molar-refractivity contribution is 0.0951. The Morgan fingerprint density at radius 3 is 2.41 bits per heavy atom. The van der Waals surface area contributed by atoms with Gasteiger partial charge in [0.1, 0.15) is 0 Å². The first-order valence-electron chi connectivity index (χ1n) is 7.17. The highest BCUT2D eigenvalue weighted by molar-refractivity contribution is 9.10. The van der Waals surface area contributed by atoms with Crippen molar-refractivity contribution in [1.82, 2.24) is 15.3 Å². The average Bonchev–Trinajstić information content (AvgIpc) is 2.50. The van der Waals surface area contributed by atoms with E-state index in [1.165, 1.54) is 12.4 Å². The molecule has 0 saturated heterocycles. The molecule has 0 aliphatic rings. The van der Waals surface area contributed by atoms with Crippen molar-refractivity contribution in [2.24, 2.45) is 5.92 Å². The molecule has 0 radical (unpaired) electrons. The Kier molecular flexibility index (Phi) is 5.89. The van der Waals surface area contributed by atoms with Crippen LogP contribution in [0.3, 0.4) is 0 Å². The molecule has 0 fully saturated rings. The summed E-state index contributed by atoms with van der Waals surface area (Å²) >= 11 is 3.38. The topological polar surface area (TPSA) is 66.9 Å². The van der Waals surface area contributed by atoms with Crippen LogP contribution in [0.2, 0.25) is 0 Å². The second kappa shape index (κ2) is 7.89. The summed E-state index contributed by atoms with van der Waals surface area (Å²) in [4.78, 5) is 20.2. The number of amides is 1. The Bertz CT molecular complexity index is 611. The van der Waals surface area contributed by atoms with Crippen molar-refractivity contribution in [3.8, 4) is 0 Å². The van der Waals surface area contributed by atoms with Gasteiger partial charge in [-0.2, -0.15) is 0 Å². The van der Waals surface area contributed by atoms with E-state index in [4.69, 9.17) is 0 Å². The van der Waals surface area contributed by atoms with Gasteiger partial charge in [0, 0.05) is 29.1 Å². The molecule has 5 nitrogen and oxygen atoms in total. The molecule has 0 spiro atoms. The molecule has 116 valence electrons. The number of halogens is 1. The molecule has 1 aromatic heterocycles. The maximum atomic E-state index is 11.9. The third-order valence-electron chi connectivity index (χ3n) is 3.02. The standard InChI is InChI=1S/C16H19BrN4O/c1-11(2)7-8-18-15(22)12-9-19-16(20-10-12)21-14-5-3-13(17)4-6-14/h3-6,9-11H,7-8H2,1-2H3,(H,18,22)(H,19,20,21). The second-order valence-electron chi connectivity index (χ2n) is 5.37. The molecule has 0 aliphatic heterocycles. The van der Waals surface area contributed by atoms with Gasteiger partial charge in [0.15, 0.2) is 0 Å². The Hall–Kier alpha value is -1.95. The van der Waals surface area contributed by atoms with Crippen molar-refractivity contribution in [3.05, 3.63) is 46.7 Å². The molecule has 2 rings (SSSR count). The number of carbonyl (C=O) groups excluding carboxylic acids is 1. The van der Waals surface area contributed by atoms with E-state index >= 15 is 0 Å². The number of carbonyl (C=O) groups is 1. The number of benzene rings is 1. The first-order chi connectivity index (χ1) is 10.5. The van der Waals surface area contributed by atoms with Crippen molar-refractivity contribution in [1.29, 1.82) is 0 Å². The highest BCUT2D eigenvalue weighted by Crippen LogP contribution is 2.16. The monoisotopic (exact) mass is 362 g/mol. The number of anilines is 2. The normalized spacial score (nSPS) is 10.5. The first-order valence-corrected chi connectivity index (χ1v) is 7.96. The largest absolute Gasteiger partial charge is 0.352 e. The number of nitrogens with zero attached hydrogens (tertiary/aromatic N) is 2. The molecule has 0 unspecified atom stereocenters. The van der Waals surface area contributed by atoms with Crippen LogP contribution in [0.5, 0.6) is 0 Å². The van der Waals surface area contributed by atoms with E-state index in [9.17, 15) is 4.79 Å².